The molecule has 0 radical (unpaired) electrons. The van der Waals surface area contributed by atoms with E-state index in [2.05, 4.69) is 4.98 Å². The lowest BCUT2D eigenvalue weighted by Gasteiger charge is -2.14. The number of rotatable bonds is 6. The van der Waals surface area contributed by atoms with Crippen LogP contribution in [0.3, 0.4) is 0 Å². The van der Waals surface area contributed by atoms with Gasteiger partial charge in [-0.25, -0.2) is 4.68 Å². The van der Waals surface area contributed by atoms with Crippen LogP contribution in [0.2, 0.25) is 0 Å². The van der Waals surface area contributed by atoms with Crippen molar-refractivity contribution in [1.82, 2.24) is 19.7 Å². The summed E-state index contributed by atoms with van der Waals surface area (Å²) in [6.45, 7) is 0.505. The number of pyridine rings is 1. The molecule has 1 amide bonds. The molecule has 0 saturated heterocycles. The molecule has 0 bridgehead atoms. The van der Waals surface area contributed by atoms with E-state index in [1.165, 1.54) is 0 Å². The molecule has 0 aliphatic rings. The second-order valence-electron chi connectivity index (χ2n) is 7.74. The lowest BCUT2D eigenvalue weighted by molar-refractivity contribution is -0.125. The maximum Gasteiger partial charge on any atom is 0.246 e. The van der Waals surface area contributed by atoms with E-state index in [-0.39, 0.29) is 5.91 Å². The molecule has 33 heavy (non-hydrogen) atoms. The fourth-order valence-electron chi connectivity index (χ4n) is 3.64. The Morgan fingerprint density at radius 1 is 1.03 bits per heavy atom. The van der Waals surface area contributed by atoms with E-state index in [0.29, 0.717) is 18.0 Å². The number of aromatic nitrogens is 3. The van der Waals surface area contributed by atoms with Gasteiger partial charge in [0.2, 0.25) is 5.91 Å². The average molecular weight is 434 g/mol. The van der Waals surface area contributed by atoms with Gasteiger partial charge in [-0.2, -0.15) is 5.10 Å². The minimum Gasteiger partial charge on any atom is -0.454 e. The van der Waals surface area contributed by atoms with E-state index in [9.17, 15) is 4.79 Å². The van der Waals surface area contributed by atoms with Crippen molar-refractivity contribution < 1.29 is 9.21 Å². The van der Waals surface area contributed by atoms with Gasteiger partial charge in [-0.3, -0.25) is 9.78 Å². The van der Waals surface area contributed by atoms with Gasteiger partial charge >= 0.3 is 0 Å². The number of amides is 1. The van der Waals surface area contributed by atoms with Crippen LogP contribution in [0.5, 0.6) is 0 Å². The standard InChI is InChI=1S/C27H22N4O2/c1-30(18-20-13-15-28-16-14-20)26(32)12-11-22-19-31(23-8-3-2-4-9-23)29-27(22)25-17-21-7-5-6-10-24(21)33-25/h2-17,19H,18H2,1H3/b12-11+. The predicted molar refractivity (Wildman–Crippen MR) is 129 cm³/mol. The van der Waals surface area contributed by atoms with Crippen LogP contribution in [0, 0.1) is 0 Å². The van der Waals surface area contributed by atoms with Crippen LogP contribution in [0.4, 0.5) is 0 Å². The highest BCUT2D eigenvalue weighted by Gasteiger charge is 2.16. The van der Waals surface area contributed by atoms with E-state index in [1.54, 1.807) is 41.2 Å². The molecule has 0 aliphatic heterocycles. The first kappa shape index (κ1) is 20.5. The van der Waals surface area contributed by atoms with Crippen LogP contribution in [0.25, 0.3) is 34.2 Å². The Labute approximate surface area is 191 Å². The molecular weight excluding hydrogens is 412 g/mol. The van der Waals surface area contributed by atoms with Crippen molar-refractivity contribution in [2.24, 2.45) is 0 Å². The molecule has 0 saturated carbocycles. The molecule has 6 nitrogen and oxygen atoms in total. The number of carbonyl (C=O) groups is 1. The maximum atomic E-state index is 12.8. The number of para-hydroxylation sites is 2. The van der Waals surface area contributed by atoms with Gasteiger partial charge in [-0.1, -0.05) is 36.4 Å². The number of benzene rings is 2. The lowest BCUT2D eigenvalue weighted by atomic mass is 10.1. The molecule has 0 unspecified atom stereocenters. The Bertz CT molecular complexity index is 1390. The summed E-state index contributed by atoms with van der Waals surface area (Å²) in [5.74, 6) is 0.554. The van der Waals surface area contributed by atoms with Gasteiger partial charge in [0.15, 0.2) is 5.76 Å². The molecular formula is C27H22N4O2. The summed E-state index contributed by atoms with van der Waals surface area (Å²) in [5, 5.41) is 5.78. The summed E-state index contributed by atoms with van der Waals surface area (Å²) < 4.78 is 7.87. The Hall–Kier alpha value is -4.45. The zero-order valence-corrected chi connectivity index (χ0v) is 18.1. The van der Waals surface area contributed by atoms with E-state index in [1.807, 2.05) is 79.0 Å². The number of nitrogens with zero attached hydrogens (tertiary/aromatic N) is 4. The Morgan fingerprint density at radius 2 is 1.79 bits per heavy atom. The van der Waals surface area contributed by atoms with E-state index in [0.717, 1.165) is 27.8 Å². The minimum absolute atomic E-state index is 0.102. The van der Waals surface area contributed by atoms with E-state index >= 15 is 0 Å². The van der Waals surface area contributed by atoms with Crippen molar-refractivity contribution >= 4 is 23.0 Å². The molecule has 0 spiro atoms. The number of hydrogen-bond acceptors (Lipinski definition) is 4. The van der Waals surface area contributed by atoms with Gasteiger partial charge < -0.3 is 9.32 Å². The predicted octanol–water partition coefficient (Wildman–Crippen LogP) is 5.35. The summed E-state index contributed by atoms with van der Waals surface area (Å²) in [4.78, 5) is 18.4. The molecule has 162 valence electrons. The Kier molecular flexibility index (Phi) is 5.55. The molecule has 0 fully saturated rings. The van der Waals surface area contributed by atoms with Crippen LogP contribution in [0.1, 0.15) is 11.1 Å². The van der Waals surface area contributed by atoms with Crippen LogP contribution in [0.15, 0.2) is 102 Å². The van der Waals surface area contributed by atoms with Gasteiger partial charge in [0, 0.05) is 49.2 Å². The third kappa shape index (κ3) is 4.45. The van der Waals surface area contributed by atoms with Gasteiger partial charge in [0.1, 0.15) is 11.3 Å². The second-order valence-corrected chi connectivity index (χ2v) is 7.74. The number of fused-ring (bicyclic) bond motifs is 1. The first-order valence-corrected chi connectivity index (χ1v) is 10.6. The molecule has 2 aromatic carbocycles. The quantitative estimate of drug-likeness (QED) is 0.338. The fraction of sp³-hybridized carbons (Fsp3) is 0.0741. The lowest BCUT2D eigenvalue weighted by Crippen LogP contribution is -2.24. The van der Waals surface area contributed by atoms with Gasteiger partial charge in [-0.15, -0.1) is 0 Å². The highest BCUT2D eigenvalue weighted by Crippen LogP contribution is 2.30. The van der Waals surface area contributed by atoms with Gasteiger partial charge in [0.25, 0.3) is 0 Å². The van der Waals surface area contributed by atoms with Crippen molar-refractivity contribution in [3.05, 3.63) is 109 Å². The maximum absolute atomic E-state index is 12.8. The molecule has 0 N–H and O–H groups in total. The van der Waals surface area contributed by atoms with Crippen molar-refractivity contribution in [3.8, 4) is 17.1 Å². The number of carbonyl (C=O) groups excluding carboxylic acids is 1. The molecule has 0 atom stereocenters. The first-order valence-electron chi connectivity index (χ1n) is 10.6. The zero-order chi connectivity index (χ0) is 22.6. The Balaban J connectivity index is 1.47. The molecule has 0 aliphatic carbocycles. The monoisotopic (exact) mass is 434 g/mol. The summed E-state index contributed by atoms with van der Waals surface area (Å²) in [6, 6.07) is 23.5. The van der Waals surface area contributed by atoms with Crippen LogP contribution in [-0.4, -0.2) is 32.6 Å². The van der Waals surface area contributed by atoms with Crippen LogP contribution in [-0.2, 0) is 11.3 Å². The van der Waals surface area contributed by atoms with Crippen molar-refractivity contribution in [2.75, 3.05) is 7.05 Å². The SMILES string of the molecule is CN(Cc1ccncc1)C(=O)/C=C/c1cn(-c2ccccc2)nc1-c1cc2ccccc2o1. The first-order chi connectivity index (χ1) is 16.2. The minimum atomic E-state index is -0.102. The Morgan fingerprint density at radius 3 is 2.58 bits per heavy atom. The van der Waals surface area contributed by atoms with Crippen LogP contribution < -0.4 is 0 Å². The van der Waals surface area contributed by atoms with Crippen LogP contribution >= 0.6 is 0 Å². The number of likely N-dealkylation sites (N-methyl/N-ethyl adjacent to an activating group) is 1. The normalized spacial score (nSPS) is 11.3. The number of furan rings is 1. The van der Waals surface area contributed by atoms with Crippen molar-refractivity contribution in [1.29, 1.82) is 0 Å². The largest absolute Gasteiger partial charge is 0.454 e. The molecule has 5 rings (SSSR count). The molecule has 6 heteroatoms. The highest BCUT2D eigenvalue weighted by atomic mass is 16.3. The second kappa shape index (κ2) is 8.96. The van der Waals surface area contributed by atoms with E-state index < -0.39 is 0 Å². The van der Waals surface area contributed by atoms with Crippen molar-refractivity contribution in [3.63, 3.8) is 0 Å². The summed E-state index contributed by atoms with van der Waals surface area (Å²) in [6.07, 6.45) is 8.71. The number of hydrogen-bond donors (Lipinski definition) is 0. The van der Waals surface area contributed by atoms with E-state index in [4.69, 9.17) is 9.52 Å². The highest BCUT2D eigenvalue weighted by molar-refractivity contribution is 5.93. The average Bonchev–Trinajstić information content (AvgIpc) is 3.48. The summed E-state index contributed by atoms with van der Waals surface area (Å²) in [7, 11) is 1.78. The van der Waals surface area contributed by atoms with Gasteiger partial charge in [-0.05, 0) is 48.0 Å². The molecule has 5 aromatic rings. The van der Waals surface area contributed by atoms with Crippen molar-refractivity contribution in [2.45, 2.75) is 6.54 Å². The molecule has 3 aromatic heterocycles. The summed E-state index contributed by atoms with van der Waals surface area (Å²) in [5.41, 5.74) is 4.22. The third-order valence-corrected chi connectivity index (χ3v) is 5.37. The summed E-state index contributed by atoms with van der Waals surface area (Å²) >= 11 is 0. The zero-order valence-electron chi connectivity index (χ0n) is 18.1. The third-order valence-electron chi connectivity index (χ3n) is 5.37. The smallest absolute Gasteiger partial charge is 0.246 e. The topological polar surface area (TPSA) is 64.2 Å². The molecule has 3 heterocycles. The fourth-order valence-corrected chi connectivity index (χ4v) is 3.64. The van der Waals surface area contributed by atoms with Gasteiger partial charge in [0.05, 0.1) is 5.69 Å².